The molecular formula is C20H26N2O6. The van der Waals surface area contributed by atoms with Crippen molar-refractivity contribution in [3.63, 3.8) is 0 Å². The summed E-state index contributed by atoms with van der Waals surface area (Å²) in [7, 11) is 0. The molecule has 1 aromatic carbocycles. The van der Waals surface area contributed by atoms with Crippen molar-refractivity contribution < 1.29 is 24.0 Å². The van der Waals surface area contributed by atoms with Crippen LogP contribution in [0, 0.1) is 16.0 Å². The van der Waals surface area contributed by atoms with Crippen LogP contribution >= 0.6 is 0 Å². The second-order valence-corrected chi connectivity index (χ2v) is 7.77. The average molecular weight is 390 g/mol. The number of carbonyl (C=O) groups excluding carboxylic acids is 2. The molecule has 1 heterocycles. The van der Waals surface area contributed by atoms with Crippen molar-refractivity contribution in [3.8, 4) is 5.75 Å². The van der Waals surface area contributed by atoms with E-state index in [9.17, 15) is 19.7 Å². The number of esters is 1. The van der Waals surface area contributed by atoms with Gasteiger partial charge in [0.15, 0.2) is 6.10 Å². The highest BCUT2D eigenvalue weighted by Crippen LogP contribution is 2.39. The van der Waals surface area contributed by atoms with Gasteiger partial charge in [0.25, 0.3) is 11.6 Å². The summed E-state index contributed by atoms with van der Waals surface area (Å²) in [5, 5.41) is 11.2. The van der Waals surface area contributed by atoms with Crippen molar-refractivity contribution in [3.05, 3.63) is 28.3 Å². The van der Waals surface area contributed by atoms with E-state index in [1.54, 1.807) is 6.92 Å². The van der Waals surface area contributed by atoms with Crippen LogP contribution < -0.4 is 9.64 Å². The first-order valence-electron chi connectivity index (χ1n) is 9.78. The number of rotatable bonds is 5. The van der Waals surface area contributed by atoms with E-state index >= 15 is 0 Å². The van der Waals surface area contributed by atoms with Gasteiger partial charge >= 0.3 is 5.97 Å². The monoisotopic (exact) mass is 390 g/mol. The molecule has 152 valence electrons. The normalized spacial score (nSPS) is 21.1. The Kier molecular flexibility index (Phi) is 5.86. The summed E-state index contributed by atoms with van der Waals surface area (Å²) in [5.41, 5.74) is 0.0557. The van der Waals surface area contributed by atoms with Crippen LogP contribution in [0.5, 0.6) is 5.75 Å². The molecule has 8 heteroatoms. The fourth-order valence-corrected chi connectivity index (χ4v) is 3.72. The lowest BCUT2D eigenvalue weighted by Crippen LogP contribution is -2.54. The molecule has 8 nitrogen and oxygen atoms in total. The lowest BCUT2D eigenvalue weighted by Gasteiger charge is -2.38. The average Bonchev–Trinajstić information content (AvgIpc) is 2.67. The lowest BCUT2D eigenvalue weighted by atomic mass is 9.97. The van der Waals surface area contributed by atoms with Gasteiger partial charge in [-0.05, 0) is 44.6 Å². The number of anilines is 1. The Labute approximate surface area is 163 Å². The molecule has 0 bridgehead atoms. The Bertz CT molecular complexity index is 772. The first-order valence-corrected chi connectivity index (χ1v) is 9.78. The van der Waals surface area contributed by atoms with Crippen LogP contribution in [0.1, 0.15) is 52.9 Å². The number of nitro benzene ring substituents is 1. The molecule has 3 rings (SSSR count). The molecule has 0 aromatic heterocycles. The van der Waals surface area contributed by atoms with Gasteiger partial charge in [-0.2, -0.15) is 0 Å². The number of hydrogen-bond acceptors (Lipinski definition) is 6. The maximum atomic E-state index is 13.1. The minimum absolute atomic E-state index is 0.125. The fourth-order valence-electron chi connectivity index (χ4n) is 3.72. The standard InChI is InChI=1S/C20H26N2O6/c1-12(2)18-19(23)21(13(3)20(24)27-15-7-5-4-6-8-15)16-11-14(22(25)26)9-10-17(16)28-18/h9-13,15,18H,4-8H2,1-3H3. The van der Waals surface area contributed by atoms with Crippen LogP contribution in [0.25, 0.3) is 0 Å². The zero-order valence-electron chi connectivity index (χ0n) is 16.4. The predicted octanol–water partition coefficient (Wildman–Crippen LogP) is 3.61. The number of nitro groups is 1. The summed E-state index contributed by atoms with van der Waals surface area (Å²) < 4.78 is 11.4. The quantitative estimate of drug-likeness (QED) is 0.433. The fraction of sp³-hybridized carbons (Fsp3) is 0.600. The van der Waals surface area contributed by atoms with Crippen molar-refractivity contribution in [2.45, 2.75) is 71.1 Å². The molecule has 28 heavy (non-hydrogen) atoms. The van der Waals surface area contributed by atoms with E-state index in [-0.39, 0.29) is 23.4 Å². The molecule has 0 radical (unpaired) electrons. The van der Waals surface area contributed by atoms with Gasteiger partial charge in [0, 0.05) is 12.1 Å². The molecule has 1 amide bonds. The molecule has 1 saturated carbocycles. The second kappa shape index (κ2) is 8.16. The number of amides is 1. The second-order valence-electron chi connectivity index (χ2n) is 7.77. The Hall–Kier alpha value is -2.64. The van der Waals surface area contributed by atoms with Crippen molar-refractivity contribution >= 4 is 23.3 Å². The molecule has 1 fully saturated rings. The molecule has 0 saturated heterocycles. The zero-order valence-corrected chi connectivity index (χ0v) is 16.4. The topological polar surface area (TPSA) is 99.0 Å². The van der Waals surface area contributed by atoms with Crippen molar-refractivity contribution in [1.82, 2.24) is 0 Å². The van der Waals surface area contributed by atoms with Crippen molar-refractivity contribution in [2.24, 2.45) is 5.92 Å². The van der Waals surface area contributed by atoms with Crippen LogP contribution in [-0.4, -0.2) is 35.0 Å². The third-order valence-electron chi connectivity index (χ3n) is 5.32. The van der Waals surface area contributed by atoms with E-state index in [4.69, 9.17) is 9.47 Å². The largest absolute Gasteiger partial charge is 0.478 e. The molecule has 0 N–H and O–H groups in total. The third kappa shape index (κ3) is 3.95. The number of ether oxygens (including phenoxy) is 2. The van der Waals surface area contributed by atoms with E-state index in [0.29, 0.717) is 5.75 Å². The molecule has 1 aliphatic carbocycles. The van der Waals surface area contributed by atoms with E-state index in [1.165, 1.54) is 23.1 Å². The number of non-ortho nitro benzene ring substituents is 1. The number of fused-ring (bicyclic) bond motifs is 1. The molecule has 0 spiro atoms. The van der Waals surface area contributed by atoms with Gasteiger partial charge < -0.3 is 9.47 Å². The first kappa shape index (κ1) is 20.1. The predicted molar refractivity (Wildman–Crippen MR) is 102 cm³/mol. The van der Waals surface area contributed by atoms with E-state index in [0.717, 1.165) is 32.1 Å². The Morgan fingerprint density at radius 3 is 2.54 bits per heavy atom. The van der Waals surface area contributed by atoms with Crippen LogP contribution in [0.3, 0.4) is 0 Å². The summed E-state index contributed by atoms with van der Waals surface area (Å²) >= 11 is 0. The van der Waals surface area contributed by atoms with Crippen molar-refractivity contribution in [2.75, 3.05) is 4.90 Å². The van der Waals surface area contributed by atoms with Crippen LogP contribution in [0.4, 0.5) is 11.4 Å². The summed E-state index contributed by atoms with van der Waals surface area (Å²) in [6.45, 7) is 5.29. The maximum absolute atomic E-state index is 13.1. The SMILES string of the molecule is CC(C)C1Oc2ccc([N+](=O)[O-])cc2N(C(C)C(=O)OC2CCCCC2)C1=O. The van der Waals surface area contributed by atoms with Gasteiger partial charge in [-0.1, -0.05) is 20.3 Å². The van der Waals surface area contributed by atoms with Gasteiger partial charge in [-0.3, -0.25) is 19.8 Å². The Balaban J connectivity index is 1.92. The van der Waals surface area contributed by atoms with Crippen LogP contribution in [0.15, 0.2) is 18.2 Å². The van der Waals surface area contributed by atoms with Crippen LogP contribution in [-0.2, 0) is 14.3 Å². The van der Waals surface area contributed by atoms with Gasteiger partial charge in [-0.25, -0.2) is 4.79 Å². The maximum Gasteiger partial charge on any atom is 0.329 e. The molecular weight excluding hydrogens is 364 g/mol. The minimum Gasteiger partial charge on any atom is -0.478 e. The highest BCUT2D eigenvalue weighted by Gasteiger charge is 2.42. The summed E-state index contributed by atoms with van der Waals surface area (Å²) in [4.78, 5) is 37.8. The summed E-state index contributed by atoms with van der Waals surface area (Å²) in [6, 6.07) is 3.17. The van der Waals surface area contributed by atoms with Crippen LogP contribution in [0.2, 0.25) is 0 Å². The number of nitrogens with zero attached hydrogens (tertiary/aromatic N) is 2. The third-order valence-corrected chi connectivity index (χ3v) is 5.32. The summed E-state index contributed by atoms with van der Waals surface area (Å²) in [6.07, 6.45) is 3.93. The number of benzene rings is 1. The van der Waals surface area contributed by atoms with Gasteiger partial charge in [0.2, 0.25) is 0 Å². The lowest BCUT2D eigenvalue weighted by molar-refractivity contribution is -0.384. The Morgan fingerprint density at radius 1 is 1.25 bits per heavy atom. The summed E-state index contributed by atoms with van der Waals surface area (Å²) in [5.74, 6) is -0.667. The Morgan fingerprint density at radius 2 is 1.93 bits per heavy atom. The smallest absolute Gasteiger partial charge is 0.329 e. The molecule has 1 aliphatic heterocycles. The molecule has 2 aliphatic rings. The van der Waals surface area contributed by atoms with E-state index in [1.807, 2.05) is 13.8 Å². The van der Waals surface area contributed by atoms with E-state index in [2.05, 4.69) is 0 Å². The van der Waals surface area contributed by atoms with Gasteiger partial charge in [-0.15, -0.1) is 0 Å². The highest BCUT2D eigenvalue weighted by molar-refractivity contribution is 6.04. The molecule has 2 atom stereocenters. The minimum atomic E-state index is -0.902. The van der Waals surface area contributed by atoms with Gasteiger partial charge in [0.1, 0.15) is 17.9 Å². The molecule has 1 aromatic rings. The van der Waals surface area contributed by atoms with Crippen molar-refractivity contribution in [1.29, 1.82) is 0 Å². The molecule has 2 unspecified atom stereocenters. The number of hydrogen-bond donors (Lipinski definition) is 0. The van der Waals surface area contributed by atoms with E-state index < -0.39 is 28.9 Å². The zero-order chi connectivity index (χ0) is 20.4. The highest BCUT2D eigenvalue weighted by atomic mass is 16.6. The van der Waals surface area contributed by atoms with Gasteiger partial charge in [0.05, 0.1) is 10.6 Å². The first-order chi connectivity index (χ1) is 13.3. The number of carbonyl (C=O) groups is 2.